The van der Waals surface area contributed by atoms with Crippen LogP contribution in [-0.4, -0.2) is 20.2 Å². The van der Waals surface area contributed by atoms with E-state index in [2.05, 4.69) is 25.5 Å². The first-order valence-corrected chi connectivity index (χ1v) is 4.39. The molecule has 14 heavy (non-hydrogen) atoms. The zero-order valence-corrected chi connectivity index (χ0v) is 7.64. The van der Waals surface area contributed by atoms with Crippen molar-refractivity contribution in [3.05, 3.63) is 42.2 Å². The van der Waals surface area contributed by atoms with Gasteiger partial charge >= 0.3 is 0 Å². The Kier molecular flexibility index (Phi) is 2.82. The minimum Gasteiger partial charge on any atom is -0.305 e. The van der Waals surface area contributed by atoms with Crippen molar-refractivity contribution in [3.8, 4) is 0 Å². The molecule has 2 heterocycles. The molecular formula is C9H11N5. The van der Waals surface area contributed by atoms with Crippen LogP contribution in [-0.2, 0) is 13.1 Å². The summed E-state index contributed by atoms with van der Waals surface area (Å²) in [5.41, 5.74) is 2.00. The normalized spacial score (nSPS) is 10.3. The van der Waals surface area contributed by atoms with E-state index >= 15 is 0 Å². The zero-order valence-electron chi connectivity index (χ0n) is 7.64. The van der Waals surface area contributed by atoms with Gasteiger partial charge in [-0.3, -0.25) is 15.1 Å². The van der Waals surface area contributed by atoms with Crippen molar-refractivity contribution in [2.75, 3.05) is 0 Å². The molecule has 5 heteroatoms. The summed E-state index contributed by atoms with van der Waals surface area (Å²) < 4.78 is 0. The van der Waals surface area contributed by atoms with Gasteiger partial charge < -0.3 is 5.32 Å². The van der Waals surface area contributed by atoms with Gasteiger partial charge in [-0.2, -0.15) is 5.10 Å². The summed E-state index contributed by atoms with van der Waals surface area (Å²) in [4.78, 5) is 8.12. The maximum atomic E-state index is 4.15. The quantitative estimate of drug-likeness (QED) is 0.734. The molecule has 0 radical (unpaired) electrons. The summed E-state index contributed by atoms with van der Waals surface area (Å²) in [6.45, 7) is 1.48. The Bertz CT molecular complexity index is 356. The Morgan fingerprint density at radius 3 is 2.93 bits per heavy atom. The first-order valence-electron chi connectivity index (χ1n) is 4.39. The monoisotopic (exact) mass is 189 g/mol. The molecule has 0 atom stereocenters. The van der Waals surface area contributed by atoms with E-state index in [1.54, 1.807) is 24.8 Å². The Hall–Kier alpha value is -1.75. The van der Waals surface area contributed by atoms with Crippen LogP contribution >= 0.6 is 0 Å². The van der Waals surface area contributed by atoms with Gasteiger partial charge in [-0.05, 0) is 6.07 Å². The fourth-order valence-electron chi connectivity index (χ4n) is 1.13. The summed E-state index contributed by atoms with van der Waals surface area (Å²) in [6.07, 6.45) is 6.84. The molecule has 72 valence electrons. The molecule has 0 amide bonds. The Balaban J connectivity index is 1.79. The number of aromatic nitrogens is 4. The lowest BCUT2D eigenvalue weighted by Crippen LogP contribution is -2.13. The highest BCUT2D eigenvalue weighted by Gasteiger charge is 1.94. The lowest BCUT2D eigenvalue weighted by Gasteiger charge is -2.01. The van der Waals surface area contributed by atoms with Crippen molar-refractivity contribution in [2.45, 2.75) is 13.1 Å². The molecule has 5 nitrogen and oxygen atoms in total. The van der Waals surface area contributed by atoms with Crippen molar-refractivity contribution in [3.63, 3.8) is 0 Å². The van der Waals surface area contributed by atoms with Crippen LogP contribution in [0.4, 0.5) is 0 Å². The molecule has 2 aromatic heterocycles. The summed E-state index contributed by atoms with van der Waals surface area (Å²) >= 11 is 0. The number of nitrogens with zero attached hydrogens (tertiary/aromatic N) is 3. The molecule has 0 fully saturated rings. The SMILES string of the molecule is c1cnc(CNCc2ccn[nH]2)cn1. The third-order valence-electron chi connectivity index (χ3n) is 1.80. The van der Waals surface area contributed by atoms with Crippen LogP contribution in [0.1, 0.15) is 11.4 Å². The van der Waals surface area contributed by atoms with Gasteiger partial charge in [-0.1, -0.05) is 0 Å². The van der Waals surface area contributed by atoms with Crippen molar-refractivity contribution in [1.82, 2.24) is 25.5 Å². The van der Waals surface area contributed by atoms with E-state index in [1.807, 2.05) is 6.07 Å². The smallest absolute Gasteiger partial charge is 0.0724 e. The van der Waals surface area contributed by atoms with Crippen LogP contribution in [0.3, 0.4) is 0 Å². The summed E-state index contributed by atoms with van der Waals surface area (Å²) in [5, 5.41) is 9.96. The van der Waals surface area contributed by atoms with Gasteiger partial charge in [-0.25, -0.2) is 0 Å². The number of hydrogen-bond acceptors (Lipinski definition) is 4. The van der Waals surface area contributed by atoms with E-state index in [0.29, 0.717) is 6.54 Å². The summed E-state index contributed by atoms with van der Waals surface area (Å²) in [6, 6.07) is 1.93. The third-order valence-corrected chi connectivity index (χ3v) is 1.80. The minimum atomic E-state index is 0.715. The third kappa shape index (κ3) is 2.37. The molecule has 0 saturated carbocycles. The van der Waals surface area contributed by atoms with Gasteiger partial charge in [0.2, 0.25) is 0 Å². The van der Waals surface area contributed by atoms with E-state index < -0.39 is 0 Å². The molecule has 0 spiro atoms. The molecule has 0 aromatic carbocycles. The second-order valence-electron chi connectivity index (χ2n) is 2.88. The van der Waals surface area contributed by atoms with Crippen LogP contribution < -0.4 is 5.32 Å². The van der Waals surface area contributed by atoms with Crippen molar-refractivity contribution >= 4 is 0 Å². The molecule has 2 rings (SSSR count). The highest BCUT2D eigenvalue weighted by Crippen LogP contribution is 1.93. The molecule has 0 bridgehead atoms. The van der Waals surface area contributed by atoms with Crippen LogP contribution in [0, 0.1) is 0 Å². The Labute approximate surface area is 81.6 Å². The maximum Gasteiger partial charge on any atom is 0.0724 e. The second-order valence-corrected chi connectivity index (χ2v) is 2.88. The molecule has 0 aliphatic heterocycles. The molecule has 0 aliphatic carbocycles. The van der Waals surface area contributed by atoms with Gasteiger partial charge in [0.25, 0.3) is 0 Å². The van der Waals surface area contributed by atoms with Crippen LogP contribution in [0.25, 0.3) is 0 Å². The number of aromatic amines is 1. The van der Waals surface area contributed by atoms with E-state index in [-0.39, 0.29) is 0 Å². The van der Waals surface area contributed by atoms with E-state index in [0.717, 1.165) is 17.9 Å². The highest BCUT2D eigenvalue weighted by atomic mass is 15.1. The van der Waals surface area contributed by atoms with Crippen LogP contribution in [0.5, 0.6) is 0 Å². The van der Waals surface area contributed by atoms with Gasteiger partial charge in [-0.15, -0.1) is 0 Å². The standard InChI is InChI=1S/C9H11N5/c1-2-13-14-8(1)5-11-7-9-6-10-3-4-12-9/h1-4,6,11H,5,7H2,(H,13,14). The largest absolute Gasteiger partial charge is 0.305 e. The lowest BCUT2D eigenvalue weighted by atomic mass is 10.4. The topological polar surface area (TPSA) is 66.5 Å². The van der Waals surface area contributed by atoms with E-state index in [1.165, 1.54) is 0 Å². The summed E-state index contributed by atoms with van der Waals surface area (Å²) in [5.74, 6) is 0. The van der Waals surface area contributed by atoms with Crippen LogP contribution in [0.2, 0.25) is 0 Å². The zero-order chi connectivity index (χ0) is 9.64. The average Bonchev–Trinajstić information content (AvgIpc) is 2.72. The first kappa shape index (κ1) is 8.83. The molecule has 0 saturated heterocycles. The fourth-order valence-corrected chi connectivity index (χ4v) is 1.13. The van der Waals surface area contributed by atoms with E-state index in [9.17, 15) is 0 Å². The lowest BCUT2D eigenvalue weighted by molar-refractivity contribution is 0.663. The molecule has 2 aromatic rings. The molecule has 0 aliphatic rings. The van der Waals surface area contributed by atoms with Gasteiger partial charge in [0.05, 0.1) is 5.69 Å². The first-order chi connectivity index (χ1) is 6.95. The second kappa shape index (κ2) is 4.48. The van der Waals surface area contributed by atoms with Gasteiger partial charge in [0.15, 0.2) is 0 Å². The van der Waals surface area contributed by atoms with E-state index in [4.69, 9.17) is 0 Å². The Morgan fingerprint density at radius 2 is 2.21 bits per heavy atom. The minimum absolute atomic E-state index is 0.715. The van der Waals surface area contributed by atoms with Crippen molar-refractivity contribution in [1.29, 1.82) is 0 Å². The predicted molar refractivity (Wildman–Crippen MR) is 51.2 cm³/mol. The van der Waals surface area contributed by atoms with Crippen LogP contribution in [0.15, 0.2) is 30.9 Å². The number of hydrogen-bond donors (Lipinski definition) is 2. The van der Waals surface area contributed by atoms with Gasteiger partial charge in [0.1, 0.15) is 0 Å². The number of nitrogens with one attached hydrogen (secondary N) is 2. The Morgan fingerprint density at radius 1 is 1.21 bits per heavy atom. The molecular weight excluding hydrogens is 178 g/mol. The fraction of sp³-hybridized carbons (Fsp3) is 0.222. The number of H-pyrrole nitrogens is 1. The van der Waals surface area contributed by atoms with Crippen molar-refractivity contribution < 1.29 is 0 Å². The number of rotatable bonds is 4. The molecule has 2 N–H and O–H groups in total. The highest BCUT2D eigenvalue weighted by molar-refractivity contribution is 4.98. The maximum absolute atomic E-state index is 4.15. The van der Waals surface area contributed by atoms with Crippen molar-refractivity contribution in [2.24, 2.45) is 0 Å². The summed E-state index contributed by atoms with van der Waals surface area (Å²) in [7, 11) is 0. The molecule has 0 unspecified atom stereocenters. The predicted octanol–water partition coefficient (Wildman–Crippen LogP) is 0.489. The average molecular weight is 189 g/mol. The van der Waals surface area contributed by atoms with Gasteiger partial charge in [0, 0.05) is 43.6 Å².